The van der Waals surface area contributed by atoms with Crippen molar-refractivity contribution in [1.29, 1.82) is 0 Å². The maximum absolute atomic E-state index is 12.3. The van der Waals surface area contributed by atoms with Gasteiger partial charge in [0.15, 0.2) is 0 Å². The van der Waals surface area contributed by atoms with Crippen LogP contribution in [0.15, 0.2) is 11.6 Å². The summed E-state index contributed by atoms with van der Waals surface area (Å²) in [7, 11) is 0. The molecule has 0 spiro atoms. The number of Topliss-reactive ketones (excluding diaryl/α,β-unsaturated/α-hetero) is 1. The highest BCUT2D eigenvalue weighted by Crippen LogP contribution is 2.66. The van der Waals surface area contributed by atoms with Gasteiger partial charge in [-0.1, -0.05) is 25.5 Å². The van der Waals surface area contributed by atoms with Crippen molar-refractivity contribution >= 4 is 5.78 Å². The Morgan fingerprint density at radius 2 is 2.00 bits per heavy atom. The first-order chi connectivity index (χ1) is 11.3. The minimum absolute atomic E-state index is 0.0441. The number of carbonyl (C=O) groups is 1. The highest BCUT2D eigenvalue weighted by atomic mass is 16.3. The van der Waals surface area contributed by atoms with E-state index in [9.17, 15) is 9.90 Å². The largest absolute Gasteiger partial charge is 0.393 e. The average Bonchev–Trinajstić information content (AvgIpc) is 2.78. The summed E-state index contributed by atoms with van der Waals surface area (Å²) >= 11 is 0. The molecular weight excluding hydrogens is 298 g/mol. The number of fused-ring (bicyclic) bond motifs is 5. The van der Waals surface area contributed by atoms with Crippen LogP contribution in [0.2, 0.25) is 0 Å². The van der Waals surface area contributed by atoms with Gasteiger partial charge in [0.1, 0.15) is 5.78 Å². The zero-order valence-corrected chi connectivity index (χ0v) is 15.4. The highest BCUT2D eigenvalue weighted by Gasteiger charge is 2.61. The van der Waals surface area contributed by atoms with Crippen molar-refractivity contribution in [3.63, 3.8) is 0 Å². The lowest BCUT2D eigenvalue weighted by atomic mass is 9.47. The van der Waals surface area contributed by atoms with Gasteiger partial charge in [0.05, 0.1) is 6.10 Å². The van der Waals surface area contributed by atoms with Crippen LogP contribution in [0.1, 0.15) is 65.7 Å². The predicted octanol–water partition coefficient (Wildman–Crippen LogP) is 3.45. The molecule has 4 aliphatic rings. The molecule has 0 bridgehead atoms. The number of allylic oxidation sites excluding steroid dienone is 1. The molecule has 0 aromatic rings. The average molecular weight is 332 g/mol. The summed E-state index contributed by atoms with van der Waals surface area (Å²) in [4.78, 5) is 12.3. The van der Waals surface area contributed by atoms with Crippen LogP contribution in [0.25, 0.3) is 0 Å². The Morgan fingerprint density at radius 1 is 1.25 bits per heavy atom. The van der Waals surface area contributed by atoms with E-state index in [2.05, 4.69) is 19.9 Å². The molecule has 0 heterocycles. The summed E-state index contributed by atoms with van der Waals surface area (Å²) in [5, 5.41) is 10.1. The van der Waals surface area contributed by atoms with Crippen molar-refractivity contribution in [2.45, 2.75) is 77.9 Å². The van der Waals surface area contributed by atoms with Gasteiger partial charge in [-0.15, -0.1) is 0 Å². The minimum atomic E-state index is -0.142. The molecule has 4 aliphatic carbocycles. The Labute approximate surface area is 146 Å². The van der Waals surface area contributed by atoms with Gasteiger partial charge in [-0.3, -0.25) is 4.79 Å². The number of rotatable bonds is 1. The minimum Gasteiger partial charge on any atom is -0.393 e. The van der Waals surface area contributed by atoms with Crippen molar-refractivity contribution in [2.24, 2.45) is 40.2 Å². The zero-order valence-electron chi connectivity index (χ0n) is 15.4. The summed E-state index contributed by atoms with van der Waals surface area (Å²) in [6.45, 7) is 6.54. The SMILES string of the molecule is CC(=O)C1C(N)CC2C3CC=C4CC(O)CCC4(C)C3CCC21C. The first-order valence-corrected chi connectivity index (χ1v) is 9.91. The fraction of sp³-hybridized carbons (Fsp3) is 0.857. The van der Waals surface area contributed by atoms with E-state index in [1.54, 1.807) is 6.92 Å². The van der Waals surface area contributed by atoms with Crippen molar-refractivity contribution in [3.8, 4) is 0 Å². The van der Waals surface area contributed by atoms with Crippen LogP contribution in [0.5, 0.6) is 0 Å². The van der Waals surface area contributed by atoms with E-state index < -0.39 is 0 Å². The van der Waals surface area contributed by atoms with E-state index in [0.29, 0.717) is 23.5 Å². The zero-order chi connectivity index (χ0) is 17.3. The molecule has 3 heteroatoms. The van der Waals surface area contributed by atoms with E-state index in [1.165, 1.54) is 12.0 Å². The summed E-state index contributed by atoms with van der Waals surface area (Å²) in [6.07, 6.45) is 9.74. The van der Waals surface area contributed by atoms with Crippen LogP contribution < -0.4 is 5.73 Å². The number of carbonyl (C=O) groups excluding carboxylic acids is 1. The molecule has 3 N–H and O–H groups in total. The van der Waals surface area contributed by atoms with Crippen molar-refractivity contribution in [1.82, 2.24) is 0 Å². The molecule has 0 amide bonds. The lowest BCUT2D eigenvalue weighted by Crippen LogP contribution is -2.51. The van der Waals surface area contributed by atoms with Crippen molar-refractivity contribution in [3.05, 3.63) is 11.6 Å². The maximum Gasteiger partial charge on any atom is 0.135 e. The fourth-order valence-electron chi connectivity index (χ4n) is 7.50. The molecular formula is C21H33NO2. The Hall–Kier alpha value is -0.670. The van der Waals surface area contributed by atoms with Gasteiger partial charge in [0.25, 0.3) is 0 Å². The van der Waals surface area contributed by atoms with Crippen molar-refractivity contribution in [2.75, 3.05) is 0 Å². The van der Waals surface area contributed by atoms with Crippen molar-refractivity contribution < 1.29 is 9.90 Å². The first kappa shape index (κ1) is 16.8. The van der Waals surface area contributed by atoms with Crippen LogP contribution >= 0.6 is 0 Å². The molecule has 0 aromatic carbocycles. The second kappa shape index (κ2) is 5.41. The summed E-state index contributed by atoms with van der Waals surface area (Å²) < 4.78 is 0. The Kier molecular flexibility index (Phi) is 3.78. The molecule has 8 unspecified atom stereocenters. The molecule has 4 rings (SSSR count). The second-order valence-corrected chi connectivity index (χ2v) is 9.69. The van der Waals surface area contributed by atoms with Crippen LogP contribution in [-0.4, -0.2) is 23.0 Å². The van der Waals surface area contributed by atoms with E-state index in [4.69, 9.17) is 5.73 Å². The molecule has 8 atom stereocenters. The van der Waals surface area contributed by atoms with Crippen LogP contribution in [0, 0.1) is 34.5 Å². The number of hydrogen-bond acceptors (Lipinski definition) is 3. The van der Waals surface area contributed by atoms with Gasteiger partial charge < -0.3 is 10.8 Å². The molecule has 24 heavy (non-hydrogen) atoms. The molecule has 0 radical (unpaired) electrons. The molecule has 0 aromatic heterocycles. The van der Waals surface area contributed by atoms with E-state index in [1.807, 2.05) is 0 Å². The number of aliphatic hydroxyl groups excluding tert-OH is 1. The van der Waals surface area contributed by atoms with E-state index in [0.717, 1.165) is 38.5 Å². The van der Waals surface area contributed by atoms with Crippen LogP contribution in [0.4, 0.5) is 0 Å². The standard InChI is InChI=1S/C21H33NO2/c1-12(23)19-18(22)11-17-15-5-4-13-10-14(24)6-8-20(13,2)16(15)7-9-21(17,19)3/h4,14-19,24H,5-11,22H2,1-3H3. The molecule has 0 saturated heterocycles. The topological polar surface area (TPSA) is 63.3 Å². The van der Waals surface area contributed by atoms with Gasteiger partial charge in [-0.25, -0.2) is 0 Å². The van der Waals surface area contributed by atoms with E-state index >= 15 is 0 Å². The summed E-state index contributed by atoms with van der Waals surface area (Å²) in [5.74, 6) is 2.31. The lowest BCUT2D eigenvalue weighted by Gasteiger charge is -2.57. The Bertz CT molecular complexity index is 584. The lowest BCUT2D eigenvalue weighted by molar-refractivity contribution is -0.127. The smallest absolute Gasteiger partial charge is 0.135 e. The van der Waals surface area contributed by atoms with Gasteiger partial charge in [-0.05, 0) is 80.5 Å². The van der Waals surface area contributed by atoms with Gasteiger partial charge >= 0.3 is 0 Å². The monoisotopic (exact) mass is 331 g/mol. The Morgan fingerprint density at radius 3 is 2.71 bits per heavy atom. The van der Waals surface area contributed by atoms with Crippen LogP contribution in [-0.2, 0) is 4.79 Å². The first-order valence-electron chi connectivity index (χ1n) is 9.91. The van der Waals surface area contributed by atoms with Crippen LogP contribution in [0.3, 0.4) is 0 Å². The third-order valence-corrected chi connectivity index (χ3v) is 8.62. The number of hydrogen-bond donors (Lipinski definition) is 2. The summed E-state index contributed by atoms with van der Waals surface area (Å²) in [6, 6.07) is 0.0441. The number of aliphatic hydroxyl groups is 1. The Balaban J connectivity index is 1.68. The quantitative estimate of drug-likeness (QED) is 0.723. The fourth-order valence-corrected chi connectivity index (χ4v) is 7.50. The van der Waals surface area contributed by atoms with Gasteiger partial charge in [0.2, 0.25) is 0 Å². The number of nitrogens with two attached hydrogens (primary N) is 1. The van der Waals surface area contributed by atoms with Gasteiger partial charge in [-0.2, -0.15) is 0 Å². The van der Waals surface area contributed by atoms with Gasteiger partial charge in [0, 0.05) is 12.0 Å². The third kappa shape index (κ3) is 2.13. The molecule has 3 saturated carbocycles. The summed E-state index contributed by atoms with van der Waals surface area (Å²) in [5.41, 5.74) is 8.34. The second-order valence-electron chi connectivity index (χ2n) is 9.69. The third-order valence-electron chi connectivity index (χ3n) is 8.62. The number of ketones is 1. The highest BCUT2D eigenvalue weighted by molar-refractivity contribution is 5.80. The van der Waals surface area contributed by atoms with E-state index in [-0.39, 0.29) is 28.9 Å². The molecule has 3 fully saturated rings. The molecule has 3 nitrogen and oxygen atoms in total. The predicted molar refractivity (Wildman–Crippen MR) is 95.2 cm³/mol. The molecule has 134 valence electrons. The maximum atomic E-state index is 12.3. The molecule has 0 aliphatic heterocycles. The normalized spacial score (nSPS) is 53.6.